The van der Waals surface area contributed by atoms with Gasteiger partial charge in [-0.3, -0.25) is 24.5 Å². The smallest absolute Gasteiger partial charge is 0.318 e. The Morgan fingerprint density at radius 2 is 1.62 bits per heavy atom. The van der Waals surface area contributed by atoms with E-state index in [4.69, 9.17) is 0 Å². The van der Waals surface area contributed by atoms with Crippen molar-refractivity contribution < 1.29 is 19.2 Å². The molecule has 13 nitrogen and oxygen atoms in total. The number of likely N-dealkylation sites (tertiary alicyclic amines) is 2. The third-order valence-corrected chi connectivity index (χ3v) is 13.2. The maximum atomic E-state index is 14.7. The number of hydrogen-bond donors (Lipinski definition) is 3. The second-order valence-corrected chi connectivity index (χ2v) is 17.2. The standard InChI is InChI=1S/C47H59N9O4/c1-3-16-53-17-10-33(11-18-53)27-42(46(59)55-23-21-54(22-24-55)39-8-14-48-15-9-39)50-45(58)41(28-34-25-32(2)44-38(26-34)31-49-52-44)51-47(60)56-19-12-35(13-20-56)40-29-36-6-4-5-7-37(36)30-43(40)57/h4-9,14-15,25-26,29,31,33,35,41-42H,3,10-13,16-24,27-28,30H2,1-2H3,(H,49,52)(H,50,58)(H,51,60)/t41-,42+/m1/s1. The molecule has 3 saturated heterocycles. The molecule has 2 atom stereocenters. The molecule has 0 saturated carbocycles. The Kier molecular flexibility index (Phi) is 12.9. The fourth-order valence-electron chi connectivity index (χ4n) is 9.76. The number of anilines is 1. The van der Waals surface area contributed by atoms with Gasteiger partial charge in [-0.2, -0.15) is 5.10 Å². The lowest BCUT2D eigenvalue weighted by Gasteiger charge is -2.39. The third-order valence-electron chi connectivity index (χ3n) is 13.2. The van der Waals surface area contributed by atoms with E-state index in [9.17, 15) is 19.2 Å². The summed E-state index contributed by atoms with van der Waals surface area (Å²) >= 11 is 0. The lowest BCUT2D eigenvalue weighted by atomic mass is 9.80. The van der Waals surface area contributed by atoms with Gasteiger partial charge in [-0.05, 0) is 129 Å². The number of aromatic amines is 1. The first-order valence-electron chi connectivity index (χ1n) is 22.0. The van der Waals surface area contributed by atoms with Gasteiger partial charge in [-0.15, -0.1) is 0 Å². The number of Topliss-reactive ketones (excluding diaryl/α,β-unsaturated/α-hetero) is 1. The van der Waals surface area contributed by atoms with Gasteiger partial charge in [-0.25, -0.2) is 4.79 Å². The van der Waals surface area contributed by atoms with Crippen LogP contribution in [0.15, 0.2) is 72.7 Å². The summed E-state index contributed by atoms with van der Waals surface area (Å²) in [6.45, 7) is 10.7. The molecule has 4 aromatic rings. The Balaban J connectivity index is 0.982. The Labute approximate surface area is 352 Å². The summed E-state index contributed by atoms with van der Waals surface area (Å²) in [6.07, 6.45) is 13.0. The summed E-state index contributed by atoms with van der Waals surface area (Å²) in [5.41, 5.74) is 6.90. The van der Waals surface area contributed by atoms with Crippen LogP contribution in [0, 0.1) is 18.8 Å². The maximum Gasteiger partial charge on any atom is 0.318 e. The number of fused-ring (bicyclic) bond motifs is 2. The molecule has 3 aliphatic heterocycles. The molecule has 60 heavy (non-hydrogen) atoms. The number of piperidine rings is 2. The molecule has 4 amide bonds. The molecule has 0 radical (unpaired) electrons. The number of H-pyrrole nitrogens is 1. The zero-order valence-electron chi connectivity index (χ0n) is 35.1. The van der Waals surface area contributed by atoms with Crippen LogP contribution in [0.1, 0.15) is 67.7 Å². The molecule has 2 aromatic heterocycles. The normalized spacial score (nSPS) is 19.1. The number of ketones is 1. The number of carbonyl (C=O) groups is 4. The van der Waals surface area contributed by atoms with Crippen molar-refractivity contribution in [2.75, 3.05) is 63.8 Å². The molecule has 3 N–H and O–H groups in total. The number of amides is 4. The molecule has 0 bridgehead atoms. The number of hydrogen-bond acceptors (Lipinski definition) is 8. The van der Waals surface area contributed by atoms with E-state index in [1.807, 2.05) is 60.4 Å². The second-order valence-electron chi connectivity index (χ2n) is 17.2. The lowest BCUT2D eigenvalue weighted by molar-refractivity contribution is -0.137. The van der Waals surface area contributed by atoms with E-state index in [1.165, 1.54) is 0 Å². The van der Waals surface area contributed by atoms with Crippen LogP contribution in [0.3, 0.4) is 0 Å². The first-order valence-corrected chi connectivity index (χ1v) is 22.0. The predicted octanol–water partition coefficient (Wildman–Crippen LogP) is 5.15. The van der Waals surface area contributed by atoms with Gasteiger partial charge in [0.25, 0.3) is 0 Å². The van der Waals surface area contributed by atoms with E-state index in [-0.39, 0.29) is 36.0 Å². The van der Waals surface area contributed by atoms with Crippen LogP contribution < -0.4 is 15.5 Å². The highest BCUT2D eigenvalue weighted by Gasteiger charge is 2.36. The fourth-order valence-corrected chi connectivity index (χ4v) is 9.76. The molecule has 4 aliphatic rings. The first kappa shape index (κ1) is 41.2. The van der Waals surface area contributed by atoms with Crippen LogP contribution in [0.25, 0.3) is 17.0 Å². The van der Waals surface area contributed by atoms with Gasteiger partial charge >= 0.3 is 6.03 Å². The SMILES string of the molecule is CCCN1CCC(C[C@H](NC(=O)[C@@H](Cc2cc(C)c3[nH]ncc3c2)NC(=O)N2CCC(C3=Cc4ccccc4CC3=O)CC2)C(=O)N2CCN(c3ccncc3)CC2)CC1. The molecule has 5 heterocycles. The number of aryl methyl sites for hydroxylation is 1. The summed E-state index contributed by atoms with van der Waals surface area (Å²) in [7, 11) is 0. The van der Waals surface area contributed by atoms with Gasteiger partial charge in [0.05, 0.1) is 11.7 Å². The van der Waals surface area contributed by atoms with Gasteiger partial charge in [0.2, 0.25) is 11.8 Å². The van der Waals surface area contributed by atoms with Gasteiger partial charge < -0.3 is 30.2 Å². The van der Waals surface area contributed by atoms with Crippen molar-refractivity contribution in [1.82, 2.24) is 40.5 Å². The number of piperazine rings is 1. The van der Waals surface area contributed by atoms with Gasteiger partial charge in [0.15, 0.2) is 5.78 Å². The van der Waals surface area contributed by atoms with Crippen LogP contribution in [0.2, 0.25) is 0 Å². The first-order chi connectivity index (χ1) is 29.2. The molecule has 8 rings (SSSR count). The Hall–Kier alpha value is -5.56. The third kappa shape index (κ3) is 9.57. The predicted molar refractivity (Wildman–Crippen MR) is 233 cm³/mol. The molecule has 2 aromatic carbocycles. The Morgan fingerprint density at radius 1 is 0.867 bits per heavy atom. The second kappa shape index (κ2) is 18.8. The quantitative estimate of drug-likeness (QED) is 0.178. The minimum Gasteiger partial charge on any atom is -0.368 e. The molecule has 3 fully saturated rings. The summed E-state index contributed by atoms with van der Waals surface area (Å²) in [4.78, 5) is 69.1. The van der Waals surface area contributed by atoms with Crippen LogP contribution in [-0.2, 0) is 27.2 Å². The van der Waals surface area contributed by atoms with Crippen LogP contribution in [-0.4, -0.2) is 124 Å². The highest BCUT2D eigenvalue weighted by Crippen LogP contribution is 2.32. The monoisotopic (exact) mass is 813 g/mol. The number of carbonyl (C=O) groups excluding carboxylic acids is 4. The van der Waals surface area contributed by atoms with Crippen LogP contribution in [0.5, 0.6) is 0 Å². The highest BCUT2D eigenvalue weighted by molar-refractivity contribution is 6.04. The Bertz CT molecular complexity index is 2180. The van der Waals surface area contributed by atoms with E-state index in [0.29, 0.717) is 70.9 Å². The summed E-state index contributed by atoms with van der Waals surface area (Å²) in [5.74, 6) is 0.101. The largest absolute Gasteiger partial charge is 0.368 e. The minimum atomic E-state index is -0.927. The zero-order valence-corrected chi connectivity index (χ0v) is 35.1. The number of benzene rings is 2. The lowest BCUT2D eigenvalue weighted by Crippen LogP contribution is -2.59. The summed E-state index contributed by atoms with van der Waals surface area (Å²) < 4.78 is 0. The van der Waals surface area contributed by atoms with Gasteiger partial charge in [0.1, 0.15) is 12.1 Å². The zero-order chi connectivity index (χ0) is 41.6. The van der Waals surface area contributed by atoms with E-state index >= 15 is 0 Å². The van der Waals surface area contributed by atoms with Crippen LogP contribution >= 0.6 is 0 Å². The van der Waals surface area contributed by atoms with E-state index in [1.54, 1.807) is 23.5 Å². The van der Waals surface area contributed by atoms with Crippen molar-refractivity contribution in [3.63, 3.8) is 0 Å². The number of rotatable bonds is 12. The number of aromatic nitrogens is 3. The number of urea groups is 1. The summed E-state index contributed by atoms with van der Waals surface area (Å²) in [6, 6.07) is 14.1. The van der Waals surface area contributed by atoms with Crippen molar-refractivity contribution in [1.29, 1.82) is 0 Å². The van der Waals surface area contributed by atoms with Crippen LogP contribution in [0.4, 0.5) is 10.5 Å². The van der Waals surface area contributed by atoms with E-state index in [0.717, 1.165) is 83.3 Å². The number of nitrogens with zero attached hydrogens (tertiary/aromatic N) is 6. The molecular weight excluding hydrogens is 755 g/mol. The molecule has 1 aliphatic carbocycles. The fraction of sp³-hybridized carbons (Fsp3) is 0.489. The number of nitrogens with one attached hydrogen (secondary N) is 3. The molecule has 0 spiro atoms. The minimum absolute atomic E-state index is 0.0642. The number of allylic oxidation sites excluding steroid dienone is 1. The average molecular weight is 814 g/mol. The van der Waals surface area contributed by atoms with Crippen molar-refractivity contribution in [3.8, 4) is 0 Å². The van der Waals surface area contributed by atoms with Crippen molar-refractivity contribution in [2.45, 2.75) is 77.3 Å². The number of pyridine rings is 1. The molecule has 0 unspecified atom stereocenters. The van der Waals surface area contributed by atoms with E-state index in [2.05, 4.69) is 48.6 Å². The molecular formula is C47H59N9O4. The van der Waals surface area contributed by atoms with Crippen molar-refractivity contribution >= 4 is 46.3 Å². The van der Waals surface area contributed by atoms with Crippen molar-refractivity contribution in [3.05, 3.63) is 94.9 Å². The Morgan fingerprint density at radius 3 is 2.37 bits per heavy atom. The molecule has 13 heteroatoms. The summed E-state index contributed by atoms with van der Waals surface area (Å²) in [5, 5.41) is 14.5. The van der Waals surface area contributed by atoms with E-state index < -0.39 is 12.1 Å². The topological polar surface area (TPSA) is 147 Å². The van der Waals surface area contributed by atoms with Crippen molar-refractivity contribution in [2.24, 2.45) is 11.8 Å². The van der Waals surface area contributed by atoms with Gasteiger partial charge in [-0.1, -0.05) is 37.3 Å². The van der Waals surface area contributed by atoms with Gasteiger partial charge in [0, 0.05) is 75.6 Å². The average Bonchev–Trinajstić information content (AvgIpc) is 3.76. The highest BCUT2D eigenvalue weighted by atomic mass is 16.2. The molecule has 316 valence electrons. The maximum absolute atomic E-state index is 14.7.